The van der Waals surface area contributed by atoms with Crippen LogP contribution in [0.1, 0.15) is 16.2 Å². The summed E-state index contributed by atoms with van der Waals surface area (Å²) in [6.45, 7) is 1.73. The maximum atomic E-state index is 11.0. The van der Waals surface area contributed by atoms with Gasteiger partial charge < -0.3 is 10.2 Å². The molecule has 2 aromatic rings. The van der Waals surface area contributed by atoms with Crippen LogP contribution in [0, 0.1) is 6.92 Å². The molecular formula is C9H8N2O2. The van der Waals surface area contributed by atoms with Gasteiger partial charge in [0.15, 0.2) is 11.5 Å². The minimum Gasteiger partial charge on any atom is -0.440 e. The molecule has 1 heterocycles. The van der Waals surface area contributed by atoms with Gasteiger partial charge in [0, 0.05) is 6.92 Å². The first kappa shape index (κ1) is 7.79. The lowest BCUT2D eigenvalue weighted by Gasteiger charge is -1.93. The van der Waals surface area contributed by atoms with Crippen LogP contribution in [0.3, 0.4) is 0 Å². The zero-order valence-corrected chi connectivity index (χ0v) is 7.07. The predicted octanol–water partition coefficient (Wildman–Crippen LogP) is 1.24. The highest BCUT2D eigenvalue weighted by Crippen LogP contribution is 2.18. The third kappa shape index (κ3) is 1.16. The molecule has 0 atom stereocenters. The second-order valence-electron chi connectivity index (χ2n) is 2.75. The topological polar surface area (TPSA) is 69.1 Å². The maximum Gasteiger partial charge on any atom is 0.252 e. The molecule has 0 aliphatic heterocycles. The molecular weight excluding hydrogens is 168 g/mol. The summed E-state index contributed by atoms with van der Waals surface area (Å²) < 4.78 is 5.25. The van der Waals surface area contributed by atoms with Crippen LogP contribution in [0.15, 0.2) is 22.6 Å². The molecule has 2 N–H and O–H groups in total. The molecule has 0 radical (unpaired) electrons. The summed E-state index contributed by atoms with van der Waals surface area (Å²) in [4.78, 5) is 15.0. The van der Waals surface area contributed by atoms with Gasteiger partial charge in [-0.1, -0.05) is 6.07 Å². The summed E-state index contributed by atoms with van der Waals surface area (Å²) in [6, 6.07) is 5.12. The number of rotatable bonds is 1. The summed E-state index contributed by atoms with van der Waals surface area (Å²) in [7, 11) is 0. The van der Waals surface area contributed by atoms with E-state index in [0.717, 1.165) is 0 Å². The van der Waals surface area contributed by atoms with Crippen LogP contribution in [-0.4, -0.2) is 10.9 Å². The Kier molecular flexibility index (Phi) is 1.55. The standard InChI is InChI=1S/C9H8N2O2/c1-5-11-7-4-2-3-6(9(10)12)8(7)13-5/h2-4H,1H3,(H2,10,12). The molecule has 0 unspecified atom stereocenters. The van der Waals surface area contributed by atoms with Gasteiger partial charge >= 0.3 is 0 Å². The van der Waals surface area contributed by atoms with E-state index in [1.165, 1.54) is 0 Å². The van der Waals surface area contributed by atoms with Gasteiger partial charge in [0.25, 0.3) is 5.91 Å². The molecule has 13 heavy (non-hydrogen) atoms. The van der Waals surface area contributed by atoms with E-state index in [1.54, 1.807) is 25.1 Å². The van der Waals surface area contributed by atoms with Crippen LogP contribution >= 0.6 is 0 Å². The van der Waals surface area contributed by atoms with Crippen molar-refractivity contribution in [2.75, 3.05) is 0 Å². The van der Waals surface area contributed by atoms with Crippen LogP contribution in [-0.2, 0) is 0 Å². The Bertz CT molecular complexity index is 473. The number of carbonyl (C=O) groups excluding carboxylic acids is 1. The van der Waals surface area contributed by atoms with Crippen molar-refractivity contribution in [1.29, 1.82) is 0 Å². The van der Waals surface area contributed by atoms with Crippen molar-refractivity contribution < 1.29 is 9.21 Å². The number of amides is 1. The number of fused-ring (bicyclic) bond motifs is 1. The van der Waals surface area contributed by atoms with Crippen molar-refractivity contribution in [1.82, 2.24) is 4.98 Å². The fourth-order valence-electron chi connectivity index (χ4n) is 1.25. The van der Waals surface area contributed by atoms with Crippen LogP contribution in [0.5, 0.6) is 0 Å². The van der Waals surface area contributed by atoms with E-state index in [0.29, 0.717) is 22.6 Å². The lowest BCUT2D eigenvalue weighted by Crippen LogP contribution is -2.10. The zero-order valence-electron chi connectivity index (χ0n) is 7.07. The van der Waals surface area contributed by atoms with Crippen LogP contribution in [0.25, 0.3) is 11.1 Å². The summed E-state index contributed by atoms with van der Waals surface area (Å²) in [5.74, 6) is 0.0328. The fraction of sp³-hybridized carbons (Fsp3) is 0.111. The van der Waals surface area contributed by atoms with Crippen molar-refractivity contribution >= 4 is 17.0 Å². The smallest absolute Gasteiger partial charge is 0.252 e. The maximum absolute atomic E-state index is 11.0. The molecule has 1 amide bonds. The number of benzene rings is 1. The van der Waals surface area contributed by atoms with Gasteiger partial charge in [-0.25, -0.2) is 4.98 Å². The highest BCUT2D eigenvalue weighted by Gasteiger charge is 2.10. The fourth-order valence-corrected chi connectivity index (χ4v) is 1.25. The highest BCUT2D eigenvalue weighted by molar-refractivity contribution is 6.03. The summed E-state index contributed by atoms with van der Waals surface area (Å²) >= 11 is 0. The summed E-state index contributed by atoms with van der Waals surface area (Å²) in [5, 5.41) is 0. The van der Waals surface area contributed by atoms with E-state index in [-0.39, 0.29) is 0 Å². The third-order valence-corrected chi connectivity index (χ3v) is 1.79. The van der Waals surface area contributed by atoms with E-state index in [4.69, 9.17) is 10.2 Å². The minimum atomic E-state index is -0.498. The van der Waals surface area contributed by atoms with E-state index in [9.17, 15) is 4.79 Å². The molecule has 4 heteroatoms. The average molecular weight is 176 g/mol. The predicted molar refractivity (Wildman–Crippen MR) is 47.3 cm³/mol. The van der Waals surface area contributed by atoms with Crippen molar-refractivity contribution in [3.05, 3.63) is 29.7 Å². The van der Waals surface area contributed by atoms with Gasteiger partial charge in [-0.3, -0.25) is 4.79 Å². The molecule has 2 rings (SSSR count). The third-order valence-electron chi connectivity index (χ3n) is 1.79. The van der Waals surface area contributed by atoms with Gasteiger partial charge in [-0.2, -0.15) is 0 Å². The first-order chi connectivity index (χ1) is 6.18. The van der Waals surface area contributed by atoms with Crippen molar-refractivity contribution in [2.24, 2.45) is 5.73 Å². The normalized spacial score (nSPS) is 10.5. The van der Waals surface area contributed by atoms with Gasteiger partial charge in [-0.15, -0.1) is 0 Å². The van der Waals surface area contributed by atoms with Crippen molar-refractivity contribution in [2.45, 2.75) is 6.92 Å². The zero-order chi connectivity index (χ0) is 9.42. The number of carbonyl (C=O) groups is 1. The Hall–Kier alpha value is -1.84. The van der Waals surface area contributed by atoms with Crippen molar-refractivity contribution in [3.63, 3.8) is 0 Å². The quantitative estimate of drug-likeness (QED) is 0.710. The first-order valence-corrected chi connectivity index (χ1v) is 3.84. The van der Waals surface area contributed by atoms with E-state index < -0.39 is 5.91 Å². The lowest BCUT2D eigenvalue weighted by molar-refractivity contribution is 0.100. The Labute approximate surface area is 74.4 Å². The Balaban J connectivity index is 2.82. The van der Waals surface area contributed by atoms with E-state index in [1.807, 2.05) is 0 Å². The second-order valence-corrected chi connectivity index (χ2v) is 2.75. The summed E-state index contributed by atoms with van der Waals surface area (Å²) in [5.41, 5.74) is 6.66. The number of nitrogens with zero attached hydrogens (tertiary/aromatic N) is 1. The molecule has 0 saturated heterocycles. The number of primary amides is 1. The molecule has 1 aromatic carbocycles. The molecule has 4 nitrogen and oxygen atoms in total. The Morgan fingerprint density at radius 2 is 2.31 bits per heavy atom. The molecule has 0 fully saturated rings. The van der Waals surface area contributed by atoms with Crippen LogP contribution < -0.4 is 5.73 Å². The first-order valence-electron chi connectivity index (χ1n) is 3.84. The number of aryl methyl sites for hydroxylation is 1. The van der Waals surface area contributed by atoms with Crippen molar-refractivity contribution in [3.8, 4) is 0 Å². The molecule has 0 bridgehead atoms. The molecule has 1 aromatic heterocycles. The second kappa shape index (κ2) is 2.58. The monoisotopic (exact) mass is 176 g/mol. The van der Waals surface area contributed by atoms with E-state index >= 15 is 0 Å². The molecule has 0 aliphatic rings. The lowest BCUT2D eigenvalue weighted by atomic mass is 10.2. The molecule has 0 aliphatic carbocycles. The number of hydrogen-bond acceptors (Lipinski definition) is 3. The Morgan fingerprint density at radius 3 is 3.00 bits per heavy atom. The van der Waals surface area contributed by atoms with Gasteiger partial charge in [-0.05, 0) is 12.1 Å². The number of oxazole rings is 1. The SMILES string of the molecule is Cc1nc2cccc(C(N)=O)c2o1. The molecule has 0 saturated carbocycles. The van der Waals surface area contributed by atoms with Crippen LogP contribution in [0.4, 0.5) is 0 Å². The van der Waals surface area contributed by atoms with Gasteiger partial charge in [0.2, 0.25) is 0 Å². The van der Waals surface area contributed by atoms with Gasteiger partial charge in [0.1, 0.15) is 5.52 Å². The number of nitrogens with two attached hydrogens (primary N) is 1. The number of para-hydroxylation sites is 1. The highest BCUT2D eigenvalue weighted by atomic mass is 16.3. The number of hydrogen-bond donors (Lipinski definition) is 1. The van der Waals surface area contributed by atoms with E-state index in [2.05, 4.69) is 4.98 Å². The average Bonchev–Trinajstić information content (AvgIpc) is 2.43. The molecule has 66 valence electrons. The van der Waals surface area contributed by atoms with Gasteiger partial charge in [0.05, 0.1) is 5.56 Å². The largest absolute Gasteiger partial charge is 0.440 e. The minimum absolute atomic E-state index is 0.373. The number of aromatic nitrogens is 1. The Morgan fingerprint density at radius 1 is 1.54 bits per heavy atom. The molecule has 0 spiro atoms. The summed E-state index contributed by atoms with van der Waals surface area (Å²) in [6.07, 6.45) is 0. The van der Waals surface area contributed by atoms with Crippen LogP contribution in [0.2, 0.25) is 0 Å².